The lowest BCUT2D eigenvalue weighted by molar-refractivity contribution is 0.334. The molecule has 3 nitrogen and oxygen atoms in total. The summed E-state index contributed by atoms with van der Waals surface area (Å²) in [6, 6.07) is 0. The molecule has 0 fully saturated rings. The van der Waals surface area contributed by atoms with Gasteiger partial charge in [-0.3, -0.25) is 0 Å². The quantitative estimate of drug-likeness (QED) is 0.482. The van der Waals surface area contributed by atoms with Crippen molar-refractivity contribution in [2.75, 3.05) is 26.7 Å². The van der Waals surface area contributed by atoms with Crippen LogP contribution in [0.25, 0.3) is 0 Å². The second-order valence-corrected chi connectivity index (χ2v) is 2.87. The zero-order valence-corrected chi connectivity index (χ0v) is 6.28. The molecule has 10 heavy (non-hydrogen) atoms. The highest BCUT2D eigenvalue weighted by Gasteiger charge is 2.20. The monoisotopic (exact) mass is 139 g/mol. The normalized spacial score (nSPS) is 25.5. The fraction of sp³-hybridized carbons (Fsp3) is 0.714. The first-order valence-electron chi connectivity index (χ1n) is 3.77. The number of hydrogen-bond acceptors (Lipinski definition) is 3. The van der Waals surface area contributed by atoms with Crippen LogP contribution in [-0.4, -0.2) is 31.7 Å². The van der Waals surface area contributed by atoms with Crippen LogP contribution in [0.15, 0.2) is 11.3 Å². The molecule has 0 aromatic rings. The number of nitrogens with one attached hydrogen (secondary N) is 2. The third kappa shape index (κ3) is 0.822. The van der Waals surface area contributed by atoms with E-state index in [1.54, 1.807) is 0 Å². The van der Waals surface area contributed by atoms with Crippen molar-refractivity contribution in [3.05, 3.63) is 11.3 Å². The first-order valence-corrected chi connectivity index (χ1v) is 3.77. The lowest BCUT2D eigenvalue weighted by Gasteiger charge is -2.19. The standard InChI is InChI=1S/C7H13N3/c1-10-7-2-3-8-4-6(7)5-9-10/h8-9H,2-5H2,1H3. The van der Waals surface area contributed by atoms with Gasteiger partial charge in [-0.25, -0.2) is 5.43 Å². The minimum Gasteiger partial charge on any atom is -0.315 e. The number of hydrogen-bond donors (Lipinski definition) is 2. The molecule has 0 amide bonds. The molecule has 0 bridgehead atoms. The largest absolute Gasteiger partial charge is 0.315 e. The van der Waals surface area contributed by atoms with Crippen LogP contribution in [0.4, 0.5) is 0 Å². The first-order chi connectivity index (χ1) is 4.88. The average molecular weight is 139 g/mol. The number of rotatable bonds is 0. The van der Waals surface area contributed by atoms with Gasteiger partial charge in [-0.1, -0.05) is 0 Å². The molecule has 2 heterocycles. The average Bonchev–Trinajstić information content (AvgIpc) is 2.34. The van der Waals surface area contributed by atoms with E-state index >= 15 is 0 Å². The fourth-order valence-corrected chi connectivity index (χ4v) is 1.60. The van der Waals surface area contributed by atoms with E-state index in [2.05, 4.69) is 22.8 Å². The summed E-state index contributed by atoms with van der Waals surface area (Å²) in [6.45, 7) is 3.25. The third-order valence-electron chi connectivity index (χ3n) is 2.22. The predicted octanol–water partition coefficient (Wildman–Crippen LogP) is -0.316. The molecule has 0 saturated carbocycles. The van der Waals surface area contributed by atoms with Crippen LogP contribution in [-0.2, 0) is 0 Å². The molecule has 0 radical (unpaired) electrons. The van der Waals surface area contributed by atoms with Crippen LogP contribution in [0.1, 0.15) is 6.42 Å². The zero-order valence-electron chi connectivity index (χ0n) is 6.28. The molecule has 0 spiro atoms. The molecule has 3 heteroatoms. The van der Waals surface area contributed by atoms with Crippen LogP contribution in [0.3, 0.4) is 0 Å². The van der Waals surface area contributed by atoms with Crippen molar-refractivity contribution in [1.29, 1.82) is 0 Å². The summed E-state index contributed by atoms with van der Waals surface area (Å²) in [5.41, 5.74) is 6.32. The summed E-state index contributed by atoms with van der Waals surface area (Å²) in [4.78, 5) is 0. The second kappa shape index (κ2) is 2.25. The van der Waals surface area contributed by atoms with Crippen molar-refractivity contribution in [2.24, 2.45) is 0 Å². The van der Waals surface area contributed by atoms with Gasteiger partial charge in [0, 0.05) is 38.8 Å². The maximum absolute atomic E-state index is 3.35. The lowest BCUT2D eigenvalue weighted by atomic mass is 10.1. The molecule has 0 saturated heterocycles. The molecule has 0 aromatic heterocycles. The molecule has 0 unspecified atom stereocenters. The van der Waals surface area contributed by atoms with Crippen molar-refractivity contribution >= 4 is 0 Å². The van der Waals surface area contributed by atoms with Gasteiger partial charge in [0.25, 0.3) is 0 Å². The summed E-state index contributed by atoms with van der Waals surface area (Å²) < 4.78 is 0. The molecule has 2 N–H and O–H groups in total. The summed E-state index contributed by atoms with van der Waals surface area (Å²) in [6.07, 6.45) is 1.18. The molecule has 0 aliphatic carbocycles. The van der Waals surface area contributed by atoms with Crippen molar-refractivity contribution < 1.29 is 0 Å². The maximum Gasteiger partial charge on any atom is 0.0393 e. The number of nitrogens with zero attached hydrogens (tertiary/aromatic N) is 1. The Bertz CT molecular complexity index is 174. The van der Waals surface area contributed by atoms with Gasteiger partial charge < -0.3 is 10.3 Å². The van der Waals surface area contributed by atoms with Crippen LogP contribution < -0.4 is 10.7 Å². The molecular weight excluding hydrogens is 126 g/mol. The van der Waals surface area contributed by atoms with Crippen LogP contribution in [0.2, 0.25) is 0 Å². The van der Waals surface area contributed by atoms with Crippen LogP contribution >= 0.6 is 0 Å². The van der Waals surface area contributed by atoms with E-state index < -0.39 is 0 Å². The van der Waals surface area contributed by atoms with Gasteiger partial charge in [-0.2, -0.15) is 0 Å². The molecular formula is C7H13N3. The molecule has 0 atom stereocenters. The smallest absolute Gasteiger partial charge is 0.0393 e. The van der Waals surface area contributed by atoms with E-state index in [0.29, 0.717) is 0 Å². The molecule has 2 aliphatic rings. The van der Waals surface area contributed by atoms with Gasteiger partial charge in [0.05, 0.1) is 0 Å². The number of hydrazine groups is 1. The van der Waals surface area contributed by atoms with Gasteiger partial charge in [-0.15, -0.1) is 0 Å². The molecule has 2 aliphatic heterocycles. The fourth-order valence-electron chi connectivity index (χ4n) is 1.60. The highest BCUT2D eigenvalue weighted by Crippen LogP contribution is 2.18. The van der Waals surface area contributed by atoms with Crippen LogP contribution in [0.5, 0.6) is 0 Å². The van der Waals surface area contributed by atoms with Crippen molar-refractivity contribution in [3.8, 4) is 0 Å². The topological polar surface area (TPSA) is 27.3 Å². The van der Waals surface area contributed by atoms with Gasteiger partial charge >= 0.3 is 0 Å². The van der Waals surface area contributed by atoms with E-state index in [4.69, 9.17) is 0 Å². The van der Waals surface area contributed by atoms with Gasteiger partial charge in [0.2, 0.25) is 0 Å². The Kier molecular flexibility index (Phi) is 1.39. The van der Waals surface area contributed by atoms with Gasteiger partial charge in [0.1, 0.15) is 0 Å². The molecule has 56 valence electrons. The van der Waals surface area contributed by atoms with E-state index in [0.717, 1.165) is 19.6 Å². The Balaban J connectivity index is 2.20. The van der Waals surface area contributed by atoms with Crippen LogP contribution in [0, 0.1) is 0 Å². The third-order valence-corrected chi connectivity index (χ3v) is 2.22. The summed E-state index contributed by atoms with van der Waals surface area (Å²) >= 11 is 0. The molecule has 0 aromatic carbocycles. The van der Waals surface area contributed by atoms with Gasteiger partial charge in [0.15, 0.2) is 0 Å². The minimum absolute atomic E-state index is 1.04. The van der Waals surface area contributed by atoms with Crippen molar-refractivity contribution in [3.63, 3.8) is 0 Å². The SMILES string of the molecule is CN1NCC2=C1CCNC2. The Morgan fingerprint density at radius 1 is 1.40 bits per heavy atom. The Hall–Kier alpha value is -0.540. The molecule has 2 rings (SSSR count). The van der Waals surface area contributed by atoms with Crippen molar-refractivity contribution in [1.82, 2.24) is 15.8 Å². The lowest BCUT2D eigenvalue weighted by Crippen LogP contribution is -2.29. The van der Waals surface area contributed by atoms with Crippen molar-refractivity contribution in [2.45, 2.75) is 6.42 Å². The Labute approximate surface area is 61.1 Å². The van der Waals surface area contributed by atoms with E-state index in [1.165, 1.54) is 17.7 Å². The minimum atomic E-state index is 1.04. The first kappa shape index (κ1) is 6.19. The van der Waals surface area contributed by atoms with E-state index in [9.17, 15) is 0 Å². The Morgan fingerprint density at radius 2 is 2.30 bits per heavy atom. The van der Waals surface area contributed by atoms with E-state index in [-0.39, 0.29) is 0 Å². The zero-order chi connectivity index (χ0) is 6.97. The highest BCUT2D eigenvalue weighted by atomic mass is 15.5. The summed E-state index contributed by atoms with van der Waals surface area (Å²) in [5, 5.41) is 5.50. The highest BCUT2D eigenvalue weighted by molar-refractivity contribution is 5.22. The summed E-state index contributed by atoms with van der Waals surface area (Å²) in [5.74, 6) is 0. The predicted molar refractivity (Wildman–Crippen MR) is 40.3 cm³/mol. The van der Waals surface area contributed by atoms with Gasteiger partial charge in [-0.05, 0) is 5.57 Å². The Morgan fingerprint density at radius 3 is 3.10 bits per heavy atom. The maximum atomic E-state index is 3.35. The second-order valence-electron chi connectivity index (χ2n) is 2.87. The van der Waals surface area contributed by atoms with E-state index in [1.807, 2.05) is 0 Å². The summed E-state index contributed by atoms with van der Waals surface area (Å²) in [7, 11) is 2.09.